The lowest BCUT2D eigenvalue weighted by molar-refractivity contribution is 0.404. The highest BCUT2D eigenvalue weighted by atomic mass is 16.3. The number of phenols is 2. The molecular weight excluding hydrogens is 176 g/mol. The molecule has 0 atom stereocenters. The zero-order valence-corrected chi connectivity index (χ0v) is 7.44. The Labute approximate surface area is 82.1 Å². The van der Waals surface area contributed by atoms with Crippen molar-refractivity contribution >= 4 is 0 Å². The van der Waals surface area contributed by atoms with Gasteiger partial charge in [0.05, 0.1) is 0 Å². The molecule has 0 unspecified atom stereocenters. The number of rotatable bonds is 1. The fourth-order valence-corrected chi connectivity index (χ4v) is 1.28. The van der Waals surface area contributed by atoms with Gasteiger partial charge in [-0.1, -0.05) is 30.3 Å². The van der Waals surface area contributed by atoms with E-state index in [1.54, 1.807) is 18.2 Å². The van der Waals surface area contributed by atoms with E-state index in [2.05, 4.69) is 6.07 Å². The monoisotopic (exact) mass is 185 g/mol. The van der Waals surface area contributed by atoms with E-state index in [-0.39, 0.29) is 11.5 Å². The highest BCUT2D eigenvalue weighted by Crippen LogP contribution is 2.29. The SMILES string of the molecule is Oc1ccc(-c2cc[c]cc2)cc1O. The second-order valence-electron chi connectivity index (χ2n) is 2.99. The van der Waals surface area contributed by atoms with Gasteiger partial charge in [0.15, 0.2) is 11.5 Å². The van der Waals surface area contributed by atoms with E-state index in [0.29, 0.717) is 0 Å². The van der Waals surface area contributed by atoms with Crippen LogP contribution in [0, 0.1) is 6.07 Å². The van der Waals surface area contributed by atoms with Crippen LogP contribution in [0.5, 0.6) is 11.5 Å². The average Bonchev–Trinajstić information content (AvgIpc) is 2.23. The molecule has 2 rings (SSSR count). The van der Waals surface area contributed by atoms with Gasteiger partial charge < -0.3 is 10.2 Å². The van der Waals surface area contributed by atoms with Crippen LogP contribution < -0.4 is 0 Å². The first kappa shape index (κ1) is 8.63. The summed E-state index contributed by atoms with van der Waals surface area (Å²) in [6, 6.07) is 15.1. The van der Waals surface area contributed by atoms with Crippen LogP contribution in [0.1, 0.15) is 0 Å². The van der Waals surface area contributed by atoms with Gasteiger partial charge in [-0.25, -0.2) is 0 Å². The molecule has 0 amide bonds. The van der Waals surface area contributed by atoms with Crippen LogP contribution in [0.25, 0.3) is 11.1 Å². The lowest BCUT2D eigenvalue weighted by Crippen LogP contribution is -1.76. The first-order valence-electron chi connectivity index (χ1n) is 4.26. The standard InChI is InChI=1S/C12H9O2/c13-11-7-6-10(8-12(11)14)9-4-2-1-3-5-9/h2-8,13-14H. The van der Waals surface area contributed by atoms with E-state index >= 15 is 0 Å². The summed E-state index contributed by atoms with van der Waals surface area (Å²) in [5, 5.41) is 18.4. The summed E-state index contributed by atoms with van der Waals surface area (Å²) in [6.45, 7) is 0. The molecule has 14 heavy (non-hydrogen) atoms. The van der Waals surface area contributed by atoms with Gasteiger partial charge in [0.25, 0.3) is 0 Å². The Kier molecular flexibility index (Phi) is 2.11. The Morgan fingerprint density at radius 1 is 0.786 bits per heavy atom. The molecule has 0 heterocycles. The normalized spacial score (nSPS) is 10.0. The van der Waals surface area contributed by atoms with Crippen LogP contribution in [0.2, 0.25) is 0 Å². The van der Waals surface area contributed by atoms with Crippen LogP contribution in [-0.2, 0) is 0 Å². The zero-order valence-electron chi connectivity index (χ0n) is 7.44. The van der Waals surface area contributed by atoms with Crippen molar-refractivity contribution in [2.24, 2.45) is 0 Å². The van der Waals surface area contributed by atoms with E-state index in [1.807, 2.05) is 12.1 Å². The summed E-state index contributed by atoms with van der Waals surface area (Å²) in [5.74, 6) is -0.202. The van der Waals surface area contributed by atoms with E-state index in [9.17, 15) is 5.11 Å². The van der Waals surface area contributed by atoms with Gasteiger partial charge in [0, 0.05) is 0 Å². The van der Waals surface area contributed by atoms with E-state index < -0.39 is 0 Å². The minimum Gasteiger partial charge on any atom is -0.504 e. The Morgan fingerprint density at radius 2 is 1.50 bits per heavy atom. The third-order valence-corrected chi connectivity index (χ3v) is 2.03. The summed E-state index contributed by atoms with van der Waals surface area (Å²) >= 11 is 0. The molecule has 0 saturated heterocycles. The first-order valence-corrected chi connectivity index (χ1v) is 4.26. The maximum absolute atomic E-state index is 9.30. The van der Waals surface area contributed by atoms with Crippen LogP contribution in [0.4, 0.5) is 0 Å². The molecule has 2 aromatic rings. The van der Waals surface area contributed by atoms with E-state index in [0.717, 1.165) is 11.1 Å². The smallest absolute Gasteiger partial charge is 0.158 e. The molecule has 0 bridgehead atoms. The Bertz CT molecular complexity index is 435. The molecule has 2 N–H and O–H groups in total. The molecule has 0 aliphatic heterocycles. The van der Waals surface area contributed by atoms with Crippen molar-refractivity contribution in [2.45, 2.75) is 0 Å². The third kappa shape index (κ3) is 1.55. The van der Waals surface area contributed by atoms with Gasteiger partial charge in [-0.05, 0) is 29.3 Å². The van der Waals surface area contributed by atoms with Crippen molar-refractivity contribution in [3.8, 4) is 22.6 Å². The molecule has 2 aromatic carbocycles. The largest absolute Gasteiger partial charge is 0.504 e. The predicted octanol–water partition coefficient (Wildman–Crippen LogP) is 2.56. The second kappa shape index (κ2) is 3.42. The van der Waals surface area contributed by atoms with Crippen molar-refractivity contribution in [2.75, 3.05) is 0 Å². The minimum absolute atomic E-state index is 0.101. The molecule has 0 saturated carbocycles. The summed E-state index contributed by atoms with van der Waals surface area (Å²) in [5.41, 5.74) is 1.85. The maximum atomic E-state index is 9.30. The van der Waals surface area contributed by atoms with Crippen LogP contribution in [0.3, 0.4) is 0 Å². The fourth-order valence-electron chi connectivity index (χ4n) is 1.28. The topological polar surface area (TPSA) is 40.5 Å². The molecule has 1 radical (unpaired) electrons. The summed E-state index contributed by atoms with van der Waals surface area (Å²) in [4.78, 5) is 0. The van der Waals surface area contributed by atoms with Crippen molar-refractivity contribution in [3.05, 3.63) is 48.5 Å². The third-order valence-electron chi connectivity index (χ3n) is 2.03. The van der Waals surface area contributed by atoms with Gasteiger partial charge in [-0.3, -0.25) is 0 Å². The number of benzene rings is 2. The molecule has 2 heteroatoms. The first-order chi connectivity index (χ1) is 6.77. The molecule has 0 aliphatic rings. The van der Waals surface area contributed by atoms with Crippen LogP contribution >= 0.6 is 0 Å². The lowest BCUT2D eigenvalue weighted by Gasteiger charge is -2.02. The number of hydrogen-bond acceptors (Lipinski definition) is 2. The summed E-state index contributed by atoms with van der Waals surface area (Å²) < 4.78 is 0. The van der Waals surface area contributed by atoms with Gasteiger partial charge in [0.2, 0.25) is 0 Å². The Morgan fingerprint density at radius 3 is 2.14 bits per heavy atom. The Hall–Kier alpha value is -1.96. The highest BCUT2D eigenvalue weighted by molar-refractivity contribution is 5.66. The zero-order chi connectivity index (χ0) is 9.97. The van der Waals surface area contributed by atoms with Crippen molar-refractivity contribution in [3.63, 3.8) is 0 Å². The van der Waals surface area contributed by atoms with E-state index in [4.69, 9.17) is 5.11 Å². The van der Waals surface area contributed by atoms with Gasteiger partial charge in [-0.2, -0.15) is 0 Å². The lowest BCUT2D eigenvalue weighted by atomic mass is 10.1. The quantitative estimate of drug-likeness (QED) is 0.670. The fraction of sp³-hybridized carbons (Fsp3) is 0. The maximum Gasteiger partial charge on any atom is 0.158 e. The van der Waals surface area contributed by atoms with Gasteiger partial charge >= 0.3 is 0 Å². The summed E-state index contributed by atoms with van der Waals surface area (Å²) in [7, 11) is 0. The number of phenolic OH excluding ortho intramolecular Hbond substituents is 2. The number of aromatic hydroxyl groups is 2. The minimum atomic E-state index is -0.102. The van der Waals surface area contributed by atoms with Crippen molar-refractivity contribution < 1.29 is 10.2 Å². The van der Waals surface area contributed by atoms with E-state index in [1.165, 1.54) is 12.1 Å². The summed E-state index contributed by atoms with van der Waals surface area (Å²) in [6.07, 6.45) is 0. The van der Waals surface area contributed by atoms with Crippen LogP contribution in [-0.4, -0.2) is 10.2 Å². The number of hydrogen-bond donors (Lipinski definition) is 2. The van der Waals surface area contributed by atoms with Crippen molar-refractivity contribution in [1.29, 1.82) is 0 Å². The van der Waals surface area contributed by atoms with Crippen molar-refractivity contribution in [1.82, 2.24) is 0 Å². The second-order valence-corrected chi connectivity index (χ2v) is 2.99. The molecule has 0 spiro atoms. The molecule has 69 valence electrons. The molecule has 0 aliphatic carbocycles. The highest BCUT2D eigenvalue weighted by Gasteiger charge is 2.01. The van der Waals surface area contributed by atoms with Gasteiger partial charge in [-0.15, -0.1) is 0 Å². The van der Waals surface area contributed by atoms with Gasteiger partial charge in [0.1, 0.15) is 0 Å². The molecule has 0 fully saturated rings. The van der Waals surface area contributed by atoms with Crippen LogP contribution in [0.15, 0.2) is 42.5 Å². The Balaban J connectivity index is 2.48. The molecular formula is C12H9O2. The average molecular weight is 185 g/mol. The molecule has 2 nitrogen and oxygen atoms in total. The molecule has 0 aromatic heterocycles. The predicted molar refractivity (Wildman–Crippen MR) is 54.0 cm³/mol.